The zero-order valence-electron chi connectivity index (χ0n) is 16.3. The number of carboxylic acids is 2. The second-order valence-corrected chi connectivity index (χ2v) is 9.18. The van der Waals surface area contributed by atoms with Crippen LogP contribution >= 0.6 is 34.7 Å². The maximum atomic E-state index is 12.9. The van der Waals surface area contributed by atoms with Crippen molar-refractivity contribution in [3.05, 3.63) is 34.0 Å². The highest BCUT2D eigenvalue weighted by Crippen LogP contribution is 2.40. The van der Waals surface area contributed by atoms with Gasteiger partial charge in [0.15, 0.2) is 10.8 Å². The van der Waals surface area contributed by atoms with Gasteiger partial charge in [-0.15, -0.1) is 11.8 Å². The van der Waals surface area contributed by atoms with Crippen molar-refractivity contribution in [3.8, 4) is 0 Å². The summed E-state index contributed by atoms with van der Waals surface area (Å²) in [7, 11) is 0. The third-order valence-corrected chi connectivity index (χ3v) is 6.81. The summed E-state index contributed by atoms with van der Waals surface area (Å²) in [4.78, 5) is 58.0. The second-order valence-electron chi connectivity index (χ2n) is 6.44. The highest BCUT2D eigenvalue weighted by Gasteiger charge is 2.54. The number of carbonyl (C=O) groups excluding carboxylic acids is 2. The molecule has 3 heterocycles. The lowest BCUT2D eigenvalue weighted by Crippen LogP contribution is -2.71. The smallest absolute Gasteiger partial charge is 0.352 e. The third-order valence-electron chi connectivity index (χ3n) is 4.42. The fraction of sp³-hybridized carbons (Fsp3) is 0.294. The van der Waals surface area contributed by atoms with Gasteiger partial charge in [-0.1, -0.05) is 40.7 Å². The molecular weight excluding hydrogens is 486 g/mol. The molecule has 0 aliphatic carbocycles. The highest BCUT2D eigenvalue weighted by atomic mass is 35.5. The van der Waals surface area contributed by atoms with Crippen LogP contribution in [0.3, 0.4) is 0 Å². The fourth-order valence-corrected chi connectivity index (χ4v) is 5.11. The van der Waals surface area contributed by atoms with Gasteiger partial charge in [-0.3, -0.25) is 14.5 Å². The standard InChI is InChI=1S/C17H16ClN5O7S2/c1-3-6-4-31-14-9(13(25)23(14)10(6)16(28)29)20-12(24)8(22-30-5(2)15(26)27)7-11(18)32-17(19)21-7/h3,5,9,14H,1,4H2,2H3,(H2,19,21)(H,20,24)(H,26,27)(H,28,29)/t5?,9?,14-/m1/s1. The topological polar surface area (TPSA) is 185 Å². The molecule has 2 aliphatic heterocycles. The number of allylic oxidation sites excluding steroid dienone is 1. The predicted octanol–water partition coefficient (Wildman–Crippen LogP) is 0.497. The van der Waals surface area contributed by atoms with E-state index in [1.54, 1.807) is 0 Å². The molecule has 1 aromatic rings. The summed E-state index contributed by atoms with van der Waals surface area (Å²) in [6.07, 6.45) is -0.0189. The van der Waals surface area contributed by atoms with E-state index in [1.165, 1.54) is 24.8 Å². The van der Waals surface area contributed by atoms with E-state index in [1.807, 2.05) is 0 Å². The number of nitrogen functional groups attached to an aromatic ring is 1. The third kappa shape index (κ3) is 4.28. The number of fused-ring (bicyclic) bond motifs is 1. The lowest BCUT2D eigenvalue weighted by molar-refractivity contribution is -0.150. The van der Waals surface area contributed by atoms with E-state index in [4.69, 9.17) is 27.3 Å². The van der Waals surface area contributed by atoms with Crippen LogP contribution in [-0.4, -0.2) is 72.8 Å². The maximum absolute atomic E-state index is 12.9. The monoisotopic (exact) mass is 501 g/mol. The van der Waals surface area contributed by atoms with Crippen LogP contribution in [0.2, 0.25) is 4.34 Å². The van der Waals surface area contributed by atoms with E-state index < -0.39 is 47.0 Å². The van der Waals surface area contributed by atoms with Crippen LogP contribution in [0.5, 0.6) is 0 Å². The number of nitrogens with two attached hydrogens (primary N) is 1. The first-order valence-electron chi connectivity index (χ1n) is 8.80. The number of anilines is 1. The van der Waals surface area contributed by atoms with Crippen molar-refractivity contribution in [2.24, 2.45) is 5.16 Å². The van der Waals surface area contributed by atoms with Crippen molar-refractivity contribution in [3.63, 3.8) is 0 Å². The Bertz CT molecular complexity index is 1090. The Morgan fingerprint density at radius 1 is 1.47 bits per heavy atom. The highest BCUT2D eigenvalue weighted by molar-refractivity contribution is 8.00. The minimum absolute atomic E-state index is 0.00306. The number of aromatic nitrogens is 1. The number of carboxylic acid groups (broad SMARTS) is 2. The number of aliphatic carboxylic acids is 2. The van der Waals surface area contributed by atoms with Gasteiger partial charge in [0.1, 0.15) is 27.1 Å². The number of amides is 2. The van der Waals surface area contributed by atoms with Gasteiger partial charge in [-0.05, 0) is 12.5 Å². The first-order valence-corrected chi connectivity index (χ1v) is 11.0. The van der Waals surface area contributed by atoms with Crippen LogP contribution in [0.25, 0.3) is 0 Å². The molecule has 0 spiro atoms. The first-order chi connectivity index (χ1) is 15.1. The van der Waals surface area contributed by atoms with Gasteiger partial charge >= 0.3 is 11.9 Å². The number of nitrogens with one attached hydrogen (secondary N) is 1. The molecule has 0 radical (unpaired) electrons. The summed E-state index contributed by atoms with van der Waals surface area (Å²) in [5.74, 6) is -3.90. The van der Waals surface area contributed by atoms with Crippen LogP contribution in [0, 0.1) is 0 Å². The largest absolute Gasteiger partial charge is 0.478 e. The molecule has 1 aromatic heterocycles. The molecular formula is C17H16ClN5O7S2. The molecule has 3 atom stereocenters. The van der Waals surface area contributed by atoms with Crippen molar-refractivity contribution >= 4 is 69.3 Å². The summed E-state index contributed by atoms with van der Waals surface area (Å²) in [5, 5.41) is 23.8. The van der Waals surface area contributed by atoms with E-state index in [0.29, 0.717) is 5.57 Å². The molecule has 2 unspecified atom stereocenters. The average Bonchev–Trinajstić information content (AvgIpc) is 3.07. The van der Waals surface area contributed by atoms with Gasteiger partial charge in [0.05, 0.1) is 0 Å². The Morgan fingerprint density at radius 2 is 2.16 bits per heavy atom. The predicted molar refractivity (Wildman–Crippen MR) is 116 cm³/mol. The number of halogens is 1. The number of thiazole rings is 1. The SMILES string of the molecule is C=CC1=C(C(=O)O)N2C(=O)C(NC(=O)C(=NOC(C)C(=O)O)c3nc(N)sc3Cl)[C@H]2SC1. The van der Waals surface area contributed by atoms with Crippen LogP contribution in [0.1, 0.15) is 12.6 Å². The zero-order chi connectivity index (χ0) is 23.7. The Labute approximate surface area is 193 Å². The summed E-state index contributed by atoms with van der Waals surface area (Å²) >= 11 is 8.16. The van der Waals surface area contributed by atoms with E-state index in [2.05, 4.69) is 22.0 Å². The van der Waals surface area contributed by atoms with Crippen molar-refractivity contribution in [2.75, 3.05) is 11.5 Å². The molecule has 1 saturated heterocycles. The number of hydrogen-bond acceptors (Lipinski definition) is 10. The van der Waals surface area contributed by atoms with Crippen LogP contribution in [0.15, 0.2) is 29.1 Å². The van der Waals surface area contributed by atoms with Crippen LogP contribution in [0.4, 0.5) is 5.13 Å². The molecule has 2 amide bonds. The summed E-state index contributed by atoms with van der Waals surface area (Å²) in [6, 6.07) is -1.06. The van der Waals surface area contributed by atoms with E-state index in [0.717, 1.165) is 16.2 Å². The average molecular weight is 502 g/mol. The van der Waals surface area contributed by atoms with E-state index in [-0.39, 0.29) is 26.6 Å². The minimum Gasteiger partial charge on any atom is -0.478 e. The zero-order valence-corrected chi connectivity index (χ0v) is 18.7. The Morgan fingerprint density at radius 3 is 2.69 bits per heavy atom. The number of thioether (sulfide) groups is 1. The molecule has 0 saturated carbocycles. The number of hydrogen-bond donors (Lipinski definition) is 4. The van der Waals surface area contributed by atoms with Crippen LogP contribution in [-0.2, 0) is 24.0 Å². The molecule has 170 valence electrons. The van der Waals surface area contributed by atoms with Gasteiger partial charge in [0, 0.05) is 5.75 Å². The lowest BCUT2D eigenvalue weighted by Gasteiger charge is -2.49. The molecule has 0 bridgehead atoms. The number of rotatable bonds is 8. The van der Waals surface area contributed by atoms with Gasteiger partial charge in [-0.2, -0.15) is 0 Å². The number of oxime groups is 1. The molecule has 12 nitrogen and oxygen atoms in total. The van der Waals surface area contributed by atoms with Crippen molar-refractivity contribution in [1.82, 2.24) is 15.2 Å². The molecule has 3 rings (SSSR count). The fourth-order valence-electron chi connectivity index (χ4n) is 2.84. The van der Waals surface area contributed by atoms with Crippen molar-refractivity contribution in [2.45, 2.75) is 24.4 Å². The maximum Gasteiger partial charge on any atom is 0.352 e. The Balaban J connectivity index is 1.85. The van der Waals surface area contributed by atoms with Gasteiger partial charge in [0.25, 0.3) is 11.8 Å². The van der Waals surface area contributed by atoms with Crippen molar-refractivity contribution < 1.29 is 34.2 Å². The summed E-state index contributed by atoms with van der Waals surface area (Å²) < 4.78 is 0.00306. The molecule has 2 aliphatic rings. The van der Waals surface area contributed by atoms with Crippen molar-refractivity contribution in [1.29, 1.82) is 0 Å². The Hall–Kier alpha value is -3.10. The number of nitrogens with zero attached hydrogens (tertiary/aromatic N) is 3. The molecule has 1 fully saturated rings. The lowest BCUT2D eigenvalue weighted by atomic mass is 10.0. The summed E-state index contributed by atoms with van der Waals surface area (Å²) in [5.41, 5.74) is 5.17. The quantitative estimate of drug-likeness (QED) is 0.222. The normalized spacial score (nSPS) is 21.4. The van der Waals surface area contributed by atoms with Crippen LogP contribution < -0.4 is 11.1 Å². The molecule has 0 aromatic carbocycles. The van der Waals surface area contributed by atoms with Gasteiger partial charge < -0.3 is 26.1 Å². The molecule has 15 heteroatoms. The number of carbonyl (C=O) groups is 4. The molecule has 32 heavy (non-hydrogen) atoms. The minimum atomic E-state index is -1.39. The summed E-state index contributed by atoms with van der Waals surface area (Å²) in [6.45, 7) is 4.76. The number of β-lactam (4-membered cyclic amide) rings is 1. The Kier molecular flexibility index (Phi) is 6.76. The van der Waals surface area contributed by atoms with Gasteiger partial charge in [-0.25, -0.2) is 14.6 Å². The molecule has 5 N–H and O–H groups in total. The first kappa shape index (κ1) is 23.6. The van der Waals surface area contributed by atoms with E-state index >= 15 is 0 Å². The second kappa shape index (κ2) is 9.18. The van der Waals surface area contributed by atoms with Gasteiger partial charge in [0.2, 0.25) is 6.10 Å². The van der Waals surface area contributed by atoms with E-state index in [9.17, 15) is 24.3 Å².